The number of nitrogens with zero attached hydrogens (tertiary/aromatic N) is 5. The highest BCUT2D eigenvalue weighted by Crippen LogP contribution is 2.21. The van der Waals surface area contributed by atoms with Gasteiger partial charge in [0, 0.05) is 18.8 Å². The Labute approximate surface area is 173 Å². The van der Waals surface area contributed by atoms with Crippen LogP contribution in [0.1, 0.15) is 22.8 Å². The van der Waals surface area contributed by atoms with Gasteiger partial charge >= 0.3 is 0 Å². The number of hydrogen-bond donors (Lipinski definition) is 1. The Morgan fingerprint density at radius 2 is 1.97 bits per heavy atom. The number of aryl methyl sites for hydroxylation is 1. The number of aromatic nitrogens is 5. The molecule has 7 nitrogen and oxygen atoms in total. The lowest BCUT2D eigenvalue weighted by Crippen LogP contribution is -2.33. The third-order valence-corrected chi connectivity index (χ3v) is 5.51. The summed E-state index contributed by atoms with van der Waals surface area (Å²) in [6.45, 7) is 5.21. The fourth-order valence-corrected chi connectivity index (χ4v) is 4.01. The Hall–Kier alpha value is -3.13. The molecule has 1 amide bonds. The molecule has 0 aliphatic heterocycles. The first-order valence-electron chi connectivity index (χ1n) is 9.50. The number of benzene rings is 2. The number of rotatable bonds is 7. The van der Waals surface area contributed by atoms with Gasteiger partial charge in [-0.15, -0.1) is 0 Å². The Morgan fingerprint density at radius 3 is 2.72 bits per heavy atom. The van der Waals surface area contributed by atoms with Gasteiger partial charge in [-0.2, -0.15) is 15.0 Å². The minimum atomic E-state index is -0.0197. The Morgan fingerprint density at radius 1 is 1.17 bits per heavy atom. The van der Waals surface area contributed by atoms with Crippen molar-refractivity contribution < 1.29 is 4.79 Å². The zero-order chi connectivity index (χ0) is 20.2. The number of carbonyl (C=O) groups is 1. The van der Waals surface area contributed by atoms with Crippen LogP contribution in [0, 0.1) is 6.92 Å². The molecule has 0 fully saturated rings. The van der Waals surface area contributed by atoms with Crippen molar-refractivity contribution in [2.45, 2.75) is 19.0 Å². The fraction of sp³-hybridized carbons (Fsp3) is 0.238. The summed E-state index contributed by atoms with van der Waals surface area (Å²) in [6, 6.07) is 13.7. The van der Waals surface area contributed by atoms with Gasteiger partial charge in [-0.05, 0) is 38.1 Å². The predicted molar refractivity (Wildman–Crippen MR) is 114 cm³/mol. The van der Waals surface area contributed by atoms with Gasteiger partial charge in [0.1, 0.15) is 0 Å². The lowest BCUT2D eigenvalue weighted by atomic mass is 10.1. The van der Waals surface area contributed by atoms with Crippen molar-refractivity contribution in [3.8, 4) is 5.69 Å². The molecule has 8 heteroatoms. The zero-order valence-electron chi connectivity index (χ0n) is 16.4. The fourth-order valence-electron chi connectivity index (χ4n) is 3.16. The zero-order valence-corrected chi connectivity index (χ0v) is 17.2. The average molecular weight is 407 g/mol. The van der Waals surface area contributed by atoms with E-state index in [9.17, 15) is 4.79 Å². The van der Waals surface area contributed by atoms with Gasteiger partial charge in [-0.3, -0.25) is 4.79 Å². The molecule has 0 saturated heterocycles. The van der Waals surface area contributed by atoms with E-state index >= 15 is 0 Å². The van der Waals surface area contributed by atoms with Crippen LogP contribution in [0.25, 0.3) is 16.7 Å². The summed E-state index contributed by atoms with van der Waals surface area (Å²) >= 11 is 1.62. The maximum atomic E-state index is 13.3. The van der Waals surface area contributed by atoms with Gasteiger partial charge in [0.15, 0.2) is 5.16 Å². The molecule has 2 heterocycles. The number of fused-ring (bicyclic) bond motifs is 1. The van der Waals surface area contributed by atoms with E-state index in [2.05, 4.69) is 20.2 Å². The van der Waals surface area contributed by atoms with E-state index in [1.54, 1.807) is 24.2 Å². The van der Waals surface area contributed by atoms with Crippen molar-refractivity contribution in [1.29, 1.82) is 0 Å². The van der Waals surface area contributed by atoms with Crippen molar-refractivity contribution in [3.05, 3.63) is 66.0 Å². The van der Waals surface area contributed by atoms with E-state index < -0.39 is 0 Å². The predicted octanol–water partition coefficient (Wildman–Crippen LogP) is 3.71. The largest absolute Gasteiger partial charge is 0.338 e. The number of thioether (sulfide) groups is 1. The molecular formula is C21H22N6OS. The van der Waals surface area contributed by atoms with Crippen LogP contribution < -0.4 is 0 Å². The summed E-state index contributed by atoms with van der Waals surface area (Å²) in [5.41, 5.74) is 4.30. The van der Waals surface area contributed by atoms with Gasteiger partial charge in [0.2, 0.25) is 0 Å². The number of imidazole rings is 1. The third kappa shape index (κ3) is 4.17. The quantitative estimate of drug-likeness (QED) is 0.473. The van der Waals surface area contributed by atoms with Crippen LogP contribution >= 0.6 is 11.8 Å². The van der Waals surface area contributed by atoms with Gasteiger partial charge in [0.05, 0.1) is 34.7 Å². The van der Waals surface area contributed by atoms with Gasteiger partial charge in [-0.1, -0.05) is 35.5 Å². The number of nitrogens with one attached hydrogen (secondary N) is 1. The number of para-hydroxylation sites is 2. The molecule has 29 heavy (non-hydrogen) atoms. The number of carbonyl (C=O) groups excluding carboxylic acids is 1. The van der Waals surface area contributed by atoms with E-state index in [-0.39, 0.29) is 5.91 Å². The summed E-state index contributed by atoms with van der Waals surface area (Å²) in [5, 5.41) is 9.24. The highest BCUT2D eigenvalue weighted by atomic mass is 32.2. The Balaban J connectivity index is 1.48. The number of H-pyrrole nitrogens is 1. The maximum absolute atomic E-state index is 13.3. The molecular weight excluding hydrogens is 384 g/mol. The molecule has 0 atom stereocenters. The van der Waals surface area contributed by atoms with Crippen LogP contribution in [-0.2, 0) is 0 Å². The first kappa shape index (κ1) is 19.2. The van der Waals surface area contributed by atoms with Crippen LogP contribution in [0.4, 0.5) is 0 Å². The van der Waals surface area contributed by atoms with Crippen molar-refractivity contribution in [2.24, 2.45) is 0 Å². The number of amides is 1. The Bertz CT molecular complexity index is 1090. The van der Waals surface area contributed by atoms with E-state index in [1.807, 2.05) is 61.2 Å². The summed E-state index contributed by atoms with van der Waals surface area (Å²) < 4.78 is 0. The molecule has 0 bridgehead atoms. The van der Waals surface area contributed by atoms with E-state index in [4.69, 9.17) is 0 Å². The third-order valence-electron chi connectivity index (χ3n) is 4.65. The minimum Gasteiger partial charge on any atom is -0.338 e. The van der Waals surface area contributed by atoms with Crippen molar-refractivity contribution in [2.75, 3.05) is 18.8 Å². The molecule has 4 aromatic rings. The van der Waals surface area contributed by atoms with Gasteiger partial charge in [-0.25, -0.2) is 4.98 Å². The molecule has 0 radical (unpaired) electrons. The van der Waals surface area contributed by atoms with Crippen LogP contribution in [-0.4, -0.2) is 54.6 Å². The molecule has 0 spiro atoms. The number of hydrogen-bond acceptors (Lipinski definition) is 5. The lowest BCUT2D eigenvalue weighted by Gasteiger charge is -2.22. The molecule has 2 aromatic heterocycles. The molecule has 2 aromatic carbocycles. The first-order valence-corrected chi connectivity index (χ1v) is 10.5. The molecule has 4 rings (SSSR count). The Kier molecular flexibility index (Phi) is 5.62. The monoisotopic (exact) mass is 406 g/mol. The highest BCUT2D eigenvalue weighted by molar-refractivity contribution is 7.99. The second-order valence-corrected chi connectivity index (χ2v) is 7.72. The van der Waals surface area contributed by atoms with Gasteiger partial charge in [0.25, 0.3) is 5.91 Å². The average Bonchev–Trinajstić information content (AvgIpc) is 3.40. The summed E-state index contributed by atoms with van der Waals surface area (Å²) in [4.78, 5) is 24.5. The first-order chi connectivity index (χ1) is 14.2. The standard InChI is InChI=1S/C21H22N6OS/c1-3-26(12-13-29-21-24-17-6-4-5-7-18(17)25-21)20(28)16-14-15(2)8-9-19(16)27-22-10-11-23-27/h4-11,14H,3,12-13H2,1-2H3,(H,24,25). The van der Waals surface area contributed by atoms with Crippen LogP contribution in [0.2, 0.25) is 0 Å². The number of aromatic amines is 1. The van der Waals surface area contributed by atoms with E-state index in [0.29, 0.717) is 24.3 Å². The van der Waals surface area contributed by atoms with Crippen molar-refractivity contribution in [3.63, 3.8) is 0 Å². The van der Waals surface area contributed by atoms with Crippen LogP contribution in [0.15, 0.2) is 60.0 Å². The smallest absolute Gasteiger partial charge is 0.256 e. The summed E-state index contributed by atoms with van der Waals surface area (Å²) in [7, 11) is 0. The molecule has 148 valence electrons. The SMILES string of the molecule is CCN(CCSc1nc2ccccc2[nH]1)C(=O)c1cc(C)ccc1-n1nccn1. The van der Waals surface area contributed by atoms with E-state index in [1.165, 1.54) is 4.80 Å². The molecule has 0 saturated carbocycles. The van der Waals surface area contributed by atoms with Crippen molar-refractivity contribution in [1.82, 2.24) is 29.9 Å². The van der Waals surface area contributed by atoms with Gasteiger partial charge < -0.3 is 9.88 Å². The summed E-state index contributed by atoms with van der Waals surface area (Å²) in [6.07, 6.45) is 3.21. The lowest BCUT2D eigenvalue weighted by molar-refractivity contribution is 0.0774. The normalized spacial score (nSPS) is 11.1. The topological polar surface area (TPSA) is 79.7 Å². The molecule has 0 aliphatic rings. The second-order valence-electron chi connectivity index (χ2n) is 6.63. The molecule has 0 unspecified atom stereocenters. The second kappa shape index (κ2) is 8.48. The summed E-state index contributed by atoms with van der Waals surface area (Å²) in [5.74, 6) is 0.731. The van der Waals surface area contributed by atoms with Crippen LogP contribution in [0.3, 0.4) is 0 Å². The molecule has 0 aliphatic carbocycles. The minimum absolute atomic E-state index is 0.0197. The maximum Gasteiger partial charge on any atom is 0.256 e. The van der Waals surface area contributed by atoms with E-state index in [0.717, 1.165) is 27.5 Å². The highest BCUT2D eigenvalue weighted by Gasteiger charge is 2.20. The van der Waals surface area contributed by atoms with Crippen molar-refractivity contribution >= 4 is 28.7 Å². The van der Waals surface area contributed by atoms with Crippen LogP contribution in [0.5, 0.6) is 0 Å². The molecule has 1 N–H and O–H groups in total.